The topological polar surface area (TPSA) is 90.5 Å². The molecule has 3 amide bonds. The van der Waals surface area contributed by atoms with E-state index >= 15 is 0 Å². The lowest BCUT2D eigenvalue weighted by Crippen LogP contribution is -2.61. The van der Waals surface area contributed by atoms with E-state index in [4.69, 9.17) is 0 Å². The van der Waals surface area contributed by atoms with Gasteiger partial charge in [-0.3, -0.25) is 24.6 Å². The van der Waals surface area contributed by atoms with Crippen LogP contribution in [-0.4, -0.2) is 61.4 Å². The largest absolute Gasteiger partial charge is 0.358 e. The zero-order valence-corrected chi connectivity index (χ0v) is 9.66. The van der Waals surface area contributed by atoms with Crippen molar-refractivity contribution in [2.45, 2.75) is 18.5 Å². The summed E-state index contributed by atoms with van der Waals surface area (Å²) in [5.74, 6) is -0.704. The second kappa shape index (κ2) is 4.80. The Balaban J connectivity index is 2.13. The highest BCUT2D eigenvalue weighted by Crippen LogP contribution is 2.16. The maximum atomic E-state index is 11.7. The average Bonchev–Trinajstić information content (AvgIpc) is 2.67. The number of carbonyl (C=O) groups is 3. The Morgan fingerprint density at radius 1 is 1.47 bits per heavy atom. The molecule has 0 aromatic rings. The average molecular weight is 240 g/mol. The molecule has 2 rings (SSSR count). The molecule has 0 radical (unpaired) electrons. The highest BCUT2D eigenvalue weighted by atomic mass is 16.2. The van der Waals surface area contributed by atoms with Gasteiger partial charge in [-0.25, -0.2) is 0 Å². The summed E-state index contributed by atoms with van der Waals surface area (Å²) in [7, 11) is 1.56. The number of nitrogens with zero attached hydrogens (tertiary/aromatic N) is 1. The molecule has 94 valence electrons. The van der Waals surface area contributed by atoms with Gasteiger partial charge in [0.2, 0.25) is 17.7 Å². The predicted octanol–water partition coefficient (Wildman–Crippen LogP) is -2.58. The molecule has 2 saturated heterocycles. The van der Waals surface area contributed by atoms with Crippen LogP contribution in [-0.2, 0) is 14.4 Å². The Bertz CT molecular complexity index is 357. The van der Waals surface area contributed by atoms with E-state index in [2.05, 4.69) is 16.0 Å². The fourth-order valence-electron chi connectivity index (χ4n) is 2.31. The van der Waals surface area contributed by atoms with Gasteiger partial charge in [-0.2, -0.15) is 0 Å². The van der Waals surface area contributed by atoms with Gasteiger partial charge in [0.15, 0.2) is 0 Å². The standard InChI is InChI=1S/C10H16N4O3/c1-11-9(16)7-5-12-2-3-14(7)6-4-8(15)13-10(6)17/h6-7,12H,2-5H2,1H3,(H,11,16)(H,13,15,17). The van der Waals surface area contributed by atoms with Gasteiger partial charge in [0, 0.05) is 26.7 Å². The van der Waals surface area contributed by atoms with E-state index in [9.17, 15) is 14.4 Å². The molecule has 0 saturated carbocycles. The lowest BCUT2D eigenvalue weighted by atomic mass is 10.1. The molecule has 2 heterocycles. The molecule has 2 atom stereocenters. The fraction of sp³-hybridized carbons (Fsp3) is 0.700. The molecule has 0 aromatic carbocycles. The van der Waals surface area contributed by atoms with Crippen LogP contribution in [0.15, 0.2) is 0 Å². The molecule has 2 unspecified atom stereocenters. The van der Waals surface area contributed by atoms with Crippen molar-refractivity contribution in [3.63, 3.8) is 0 Å². The third-order valence-electron chi connectivity index (χ3n) is 3.18. The van der Waals surface area contributed by atoms with Crippen LogP contribution in [0.4, 0.5) is 0 Å². The van der Waals surface area contributed by atoms with Gasteiger partial charge < -0.3 is 10.6 Å². The van der Waals surface area contributed by atoms with Gasteiger partial charge in [0.1, 0.15) is 6.04 Å². The normalized spacial score (nSPS) is 30.2. The summed E-state index contributed by atoms with van der Waals surface area (Å²) in [5.41, 5.74) is 0. The second-order valence-corrected chi connectivity index (χ2v) is 4.20. The molecule has 7 nitrogen and oxygen atoms in total. The number of rotatable bonds is 2. The first kappa shape index (κ1) is 12.0. The quantitative estimate of drug-likeness (QED) is 0.461. The smallest absolute Gasteiger partial charge is 0.244 e. The minimum Gasteiger partial charge on any atom is -0.358 e. The van der Waals surface area contributed by atoms with Crippen molar-refractivity contribution in [1.82, 2.24) is 20.9 Å². The van der Waals surface area contributed by atoms with Crippen LogP contribution in [0.2, 0.25) is 0 Å². The van der Waals surface area contributed by atoms with Crippen molar-refractivity contribution in [2.24, 2.45) is 0 Å². The Morgan fingerprint density at radius 2 is 2.24 bits per heavy atom. The van der Waals surface area contributed by atoms with E-state index in [1.807, 2.05) is 0 Å². The first-order valence-electron chi connectivity index (χ1n) is 5.65. The lowest BCUT2D eigenvalue weighted by Gasteiger charge is -2.37. The van der Waals surface area contributed by atoms with Crippen LogP contribution < -0.4 is 16.0 Å². The summed E-state index contributed by atoms with van der Waals surface area (Å²) in [5, 5.41) is 7.96. The highest BCUT2D eigenvalue weighted by molar-refractivity contribution is 6.05. The van der Waals surface area contributed by atoms with Crippen molar-refractivity contribution in [1.29, 1.82) is 0 Å². The first-order valence-corrected chi connectivity index (χ1v) is 5.65. The Kier molecular flexibility index (Phi) is 3.39. The summed E-state index contributed by atoms with van der Waals surface area (Å²) in [6.07, 6.45) is 0.145. The number of hydrogen-bond acceptors (Lipinski definition) is 5. The Morgan fingerprint density at radius 3 is 2.82 bits per heavy atom. The number of piperazine rings is 1. The zero-order valence-electron chi connectivity index (χ0n) is 9.66. The summed E-state index contributed by atoms with van der Waals surface area (Å²) >= 11 is 0. The molecule has 7 heteroatoms. The van der Waals surface area contributed by atoms with Gasteiger partial charge in [-0.1, -0.05) is 0 Å². The third kappa shape index (κ3) is 2.29. The van der Waals surface area contributed by atoms with E-state index in [0.29, 0.717) is 19.6 Å². The van der Waals surface area contributed by atoms with Crippen LogP contribution in [0.1, 0.15) is 6.42 Å². The molecule has 17 heavy (non-hydrogen) atoms. The van der Waals surface area contributed by atoms with E-state index < -0.39 is 12.1 Å². The summed E-state index contributed by atoms with van der Waals surface area (Å²) in [4.78, 5) is 36.3. The SMILES string of the molecule is CNC(=O)C1CNCCN1C1CC(=O)NC1=O. The maximum Gasteiger partial charge on any atom is 0.244 e. The molecule has 0 bridgehead atoms. The minimum atomic E-state index is -0.508. The summed E-state index contributed by atoms with van der Waals surface area (Å²) < 4.78 is 0. The maximum absolute atomic E-state index is 11.7. The van der Waals surface area contributed by atoms with E-state index in [1.54, 1.807) is 11.9 Å². The van der Waals surface area contributed by atoms with Crippen molar-refractivity contribution >= 4 is 17.7 Å². The number of hydrogen-bond donors (Lipinski definition) is 3. The number of likely N-dealkylation sites (N-methyl/N-ethyl adjacent to an activating group) is 1. The number of amides is 3. The lowest BCUT2D eigenvalue weighted by molar-refractivity contribution is -0.131. The molecule has 0 spiro atoms. The van der Waals surface area contributed by atoms with Gasteiger partial charge in [-0.05, 0) is 0 Å². The molecular formula is C10H16N4O3. The summed E-state index contributed by atoms with van der Waals surface area (Å²) in [6, 6.07) is -0.901. The molecule has 2 fully saturated rings. The molecule has 2 aliphatic rings. The summed E-state index contributed by atoms with van der Waals surface area (Å²) in [6.45, 7) is 1.80. The second-order valence-electron chi connectivity index (χ2n) is 4.20. The molecule has 3 N–H and O–H groups in total. The van der Waals surface area contributed by atoms with Gasteiger partial charge in [0.05, 0.1) is 12.5 Å². The number of carbonyl (C=O) groups excluding carboxylic acids is 3. The van der Waals surface area contributed by atoms with Crippen LogP contribution in [0.25, 0.3) is 0 Å². The van der Waals surface area contributed by atoms with Crippen molar-refractivity contribution in [2.75, 3.05) is 26.7 Å². The van der Waals surface area contributed by atoms with Crippen LogP contribution in [0, 0.1) is 0 Å². The predicted molar refractivity (Wildman–Crippen MR) is 59.0 cm³/mol. The van der Waals surface area contributed by atoms with E-state index in [-0.39, 0.29) is 24.1 Å². The van der Waals surface area contributed by atoms with Crippen LogP contribution in [0.3, 0.4) is 0 Å². The van der Waals surface area contributed by atoms with Gasteiger partial charge in [0.25, 0.3) is 0 Å². The molecule has 0 aromatic heterocycles. The van der Waals surface area contributed by atoms with Crippen molar-refractivity contribution < 1.29 is 14.4 Å². The highest BCUT2D eigenvalue weighted by Gasteiger charge is 2.41. The van der Waals surface area contributed by atoms with Crippen molar-refractivity contribution in [3.8, 4) is 0 Å². The Labute approximate surface area is 98.9 Å². The van der Waals surface area contributed by atoms with Crippen molar-refractivity contribution in [3.05, 3.63) is 0 Å². The minimum absolute atomic E-state index is 0.135. The number of imide groups is 1. The third-order valence-corrected chi connectivity index (χ3v) is 3.18. The van der Waals surface area contributed by atoms with E-state index in [1.165, 1.54) is 0 Å². The molecule has 0 aliphatic carbocycles. The van der Waals surface area contributed by atoms with Crippen LogP contribution >= 0.6 is 0 Å². The zero-order chi connectivity index (χ0) is 12.4. The van der Waals surface area contributed by atoms with Crippen LogP contribution in [0.5, 0.6) is 0 Å². The van der Waals surface area contributed by atoms with Gasteiger partial charge in [-0.15, -0.1) is 0 Å². The molecular weight excluding hydrogens is 224 g/mol. The number of nitrogens with one attached hydrogen (secondary N) is 3. The molecule has 2 aliphatic heterocycles. The Hall–Kier alpha value is -1.47. The van der Waals surface area contributed by atoms with E-state index in [0.717, 1.165) is 0 Å². The first-order chi connectivity index (χ1) is 8.13. The van der Waals surface area contributed by atoms with Gasteiger partial charge >= 0.3 is 0 Å². The fourth-order valence-corrected chi connectivity index (χ4v) is 2.31. The monoisotopic (exact) mass is 240 g/mol.